The third kappa shape index (κ3) is 2.38. The van der Waals surface area contributed by atoms with Crippen molar-refractivity contribution in [3.63, 3.8) is 0 Å². The summed E-state index contributed by atoms with van der Waals surface area (Å²) in [6.07, 6.45) is 6.05. The van der Waals surface area contributed by atoms with Crippen molar-refractivity contribution in [2.24, 2.45) is 7.05 Å². The highest BCUT2D eigenvalue weighted by Gasteiger charge is 2.03. The Morgan fingerprint density at radius 2 is 2.24 bits per heavy atom. The maximum atomic E-state index is 11.7. The summed E-state index contributed by atoms with van der Waals surface area (Å²) in [6, 6.07) is 1.56. The summed E-state index contributed by atoms with van der Waals surface area (Å²) in [5.41, 5.74) is 7.23. The monoisotopic (exact) mass is 232 g/mol. The Kier molecular flexibility index (Phi) is 2.99. The number of nitrogens with zero attached hydrogens (tertiary/aromatic N) is 3. The molecule has 0 saturated carbocycles. The number of nitrogen functional groups attached to an aromatic ring is 1. The minimum atomic E-state index is -0.0223. The van der Waals surface area contributed by atoms with E-state index in [0.29, 0.717) is 18.7 Å². The van der Waals surface area contributed by atoms with E-state index in [1.165, 1.54) is 0 Å². The number of imidazole rings is 1. The Morgan fingerprint density at radius 3 is 2.88 bits per heavy atom. The molecule has 0 aliphatic rings. The van der Waals surface area contributed by atoms with Crippen molar-refractivity contribution in [1.29, 1.82) is 0 Å². The molecule has 0 aromatic carbocycles. The predicted octanol–water partition coefficient (Wildman–Crippen LogP) is 0.715. The van der Waals surface area contributed by atoms with Crippen LogP contribution in [-0.4, -0.2) is 14.1 Å². The lowest BCUT2D eigenvalue weighted by atomic mass is 10.2. The number of aryl methyl sites for hydroxylation is 4. The van der Waals surface area contributed by atoms with Gasteiger partial charge < -0.3 is 14.9 Å². The van der Waals surface area contributed by atoms with Crippen molar-refractivity contribution in [1.82, 2.24) is 14.1 Å². The molecular formula is C12H16N4O. The van der Waals surface area contributed by atoms with Crippen LogP contribution in [-0.2, 0) is 20.0 Å². The summed E-state index contributed by atoms with van der Waals surface area (Å²) in [5, 5.41) is 0. The van der Waals surface area contributed by atoms with Gasteiger partial charge in [0, 0.05) is 44.7 Å². The van der Waals surface area contributed by atoms with Crippen LogP contribution in [0.2, 0.25) is 0 Å². The van der Waals surface area contributed by atoms with Crippen molar-refractivity contribution in [3.8, 4) is 0 Å². The van der Waals surface area contributed by atoms with E-state index >= 15 is 0 Å². The summed E-state index contributed by atoms with van der Waals surface area (Å²) < 4.78 is 3.57. The first-order chi connectivity index (χ1) is 8.08. The number of rotatable bonds is 3. The maximum absolute atomic E-state index is 11.7. The van der Waals surface area contributed by atoms with E-state index in [0.717, 1.165) is 11.4 Å². The topological polar surface area (TPSA) is 65.8 Å². The molecule has 0 aliphatic heterocycles. The first-order valence-electron chi connectivity index (χ1n) is 5.50. The van der Waals surface area contributed by atoms with E-state index in [2.05, 4.69) is 4.98 Å². The van der Waals surface area contributed by atoms with E-state index in [-0.39, 0.29) is 5.56 Å². The van der Waals surface area contributed by atoms with Crippen LogP contribution in [0.3, 0.4) is 0 Å². The average Bonchev–Trinajstić information content (AvgIpc) is 2.68. The lowest BCUT2D eigenvalue weighted by Gasteiger charge is -2.08. The van der Waals surface area contributed by atoms with Crippen LogP contribution in [0.15, 0.2) is 29.5 Å². The standard InChI is InChI=1S/C12H16N4O/c1-9-7-12(17)16(8-10(9)13)5-3-11-14-4-6-15(11)2/h4,6-8H,3,5,13H2,1-2H3. The van der Waals surface area contributed by atoms with Crippen LogP contribution in [0.5, 0.6) is 0 Å². The van der Waals surface area contributed by atoms with Crippen molar-refractivity contribution < 1.29 is 0 Å². The Hall–Kier alpha value is -2.04. The molecule has 0 amide bonds. The van der Waals surface area contributed by atoms with Gasteiger partial charge in [-0.15, -0.1) is 0 Å². The summed E-state index contributed by atoms with van der Waals surface area (Å²) >= 11 is 0. The molecule has 2 aromatic heterocycles. The Morgan fingerprint density at radius 1 is 1.47 bits per heavy atom. The zero-order valence-electron chi connectivity index (χ0n) is 10.1. The van der Waals surface area contributed by atoms with Gasteiger partial charge in [0.25, 0.3) is 5.56 Å². The highest BCUT2D eigenvalue weighted by Crippen LogP contribution is 2.06. The molecule has 2 heterocycles. The second-order valence-corrected chi connectivity index (χ2v) is 4.15. The number of hydrogen-bond donors (Lipinski definition) is 1. The number of pyridine rings is 1. The predicted molar refractivity (Wildman–Crippen MR) is 66.8 cm³/mol. The van der Waals surface area contributed by atoms with E-state index in [4.69, 9.17) is 5.73 Å². The van der Waals surface area contributed by atoms with Gasteiger partial charge in [-0.2, -0.15) is 0 Å². The summed E-state index contributed by atoms with van der Waals surface area (Å²) in [7, 11) is 1.94. The zero-order chi connectivity index (χ0) is 12.4. The number of hydrogen-bond acceptors (Lipinski definition) is 3. The SMILES string of the molecule is Cc1cc(=O)n(CCc2nccn2C)cc1N. The van der Waals surface area contributed by atoms with E-state index in [1.807, 2.05) is 24.7 Å². The van der Waals surface area contributed by atoms with Crippen molar-refractivity contribution in [3.05, 3.63) is 46.4 Å². The third-order valence-electron chi connectivity index (χ3n) is 2.87. The molecular weight excluding hydrogens is 216 g/mol. The first-order valence-corrected chi connectivity index (χ1v) is 5.50. The van der Waals surface area contributed by atoms with Crippen LogP contribution in [0.4, 0.5) is 5.69 Å². The third-order valence-corrected chi connectivity index (χ3v) is 2.87. The molecule has 0 atom stereocenters. The van der Waals surface area contributed by atoms with E-state index in [9.17, 15) is 4.79 Å². The lowest BCUT2D eigenvalue weighted by molar-refractivity contribution is 0.632. The Balaban J connectivity index is 2.17. The van der Waals surface area contributed by atoms with Gasteiger partial charge in [-0.05, 0) is 12.5 Å². The first kappa shape index (κ1) is 11.4. The number of anilines is 1. The Labute approximate surface area is 99.5 Å². The van der Waals surface area contributed by atoms with Gasteiger partial charge in [0.2, 0.25) is 0 Å². The van der Waals surface area contributed by atoms with Crippen LogP contribution >= 0.6 is 0 Å². The molecule has 17 heavy (non-hydrogen) atoms. The van der Waals surface area contributed by atoms with Crippen LogP contribution in [0.25, 0.3) is 0 Å². The van der Waals surface area contributed by atoms with Gasteiger partial charge in [0.1, 0.15) is 5.82 Å². The zero-order valence-corrected chi connectivity index (χ0v) is 10.1. The molecule has 2 N–H and O–H groups in total. The lowest BCUT2D eigenvalue weighted by Crippen LogP contribution is -2.21. The fraction of sp³-hybridized carbons (Fsp3) is 0.333. The van der Waals surface area contributed by atoms with Crippen molar-refractivity contribution in [2.45, 2.75) is 19.9 Å². The van der Waals surface area contributed by atoms with Crippen LogP contribution in [0.1, 0.15) is 11.4 Å². The molecule has 90 valence electrons. The van der Waals surface area contributed by atoms with Crippen LogP contribution < -0.4 is 11.3 Å². The molecule has 0 unspecified atom stereocenters. The summed E-state index contributed by atoms with van der Waals surface area (Å²) in [5.74, 6) is 0.955. The van der Waals surface area contributed by atoms with Gasteiger partial charge in [-0.3, -0.25) is 4.79 Å². The Bertz CT molecular complexity index is 582. The number of nitrogens with two attached hydrogens (primary N) is 1. The molecule has 0 bridgehead atoms. The molecule has 0 fully saturated rings. The molecule has 5 heteroatoms. The van der Waals surface area contributed by atoms with Gasteiger partial charge in [-0.25, -0.2) is 4.98 Å². The summed E-state index contributed by atoms with van der Waals surface area (Å²) in [6.45, 7) is 2.42. The fourth-order valence-electron chi connectivity index (χ4n) is 1.72. The second-order valence-electron chi connectivity index (χ2n) is 4.15. The minimum Gasteiger partial charge on any atom is -0.397 e. The van der Waals surface area contributed by atoms with E-state index < -0.39 is 0 Å². The van der Waals surface area contributed by atoms with Gasteiger partial charge in [0.15, 0.2) is 0 Å². The normalized spacial score (nSPS) is 10.7. The van der Waals surface area contributed by atoms with Gasteiger partial charge >= 0.3 is 0 Å². The molecule has 0 radical (unpaired) electrons. The minimum absolute atomic E-state index is 0.0223. The second kappa shape index (κ2) is 4.45. The van der Waals surface area contributed by atoms with Crippen molar-refractivity contribution >= 4 is 5.69 Å². The fourth-order valence-corrected chi connectivity index (χ4v) is 1.72. The molecule has 0 spiro atoms. The highest BCUT2D eigenvalue weighted by molar-refractivity contribution is 5.42. The highest BCUT2D eigenvalue weighted by atomic mass is 16.1. The molecule has 0 saturated heterocycles. The summed E-state index contributed by atoms with van der Waals surface area (Å²) in [4.78, 5) is 15.9. The van der Waals surface area contributed by atoms with Gasteiger partial charge in [-0.1, -0.05) is 0 Å². The van der Waals surface area contributed by atoms with E-state index in [1.54, 1.807) is 23.0 Å². The quantitative estimate of drug-likeness (QED) is 0.847. The molecule has 2 aromatic rings. The van der Waals surface area contributed by atoms with Crippen LogP contribution in [0, 0.1) is 6.92 Å². The van der Waals surface area contributed by atoms with Crippen molar-refractivity contribution in [2.75, 3.05) is 5.73 Å². The number of aromatic nitrogens is 3. The smallest absolute Gasteiger partial charge is 0.250 e. The molecule has 5 nitrogen and oxygen atoms in total. The largest absolute Gasteiger partial charge is 0.397 e. The van der Waals surface area contributed by atoms with Gasteiger partial charge in [0.05, 0.1) is 5.69 Å². The average molecular weight is 232 g/mol. The molecule has 2 rings (SSSR count). The molecule has 0 aliphatic carbocycles. The maximum Gasteiger partial charge on any atom is 0.250 e.